The molecule has 3 aromatic rings. The number of anilines is 1. The molecule has 5 rings (SSSR count). The summed E-state index contributed by atoms with van der Waals surface area (Å²) in [4.78, 5) is 4.61. The van der Waals surface area contributed by atoms with E-state index in [1.54, 1.807) is 25.3 Å². The number of hydrazone groups is 1. The number of nitrogens with zero attached hydrogens (tertiary/aromatic N) is 3. The van der Waals surface area contributed by atoms with Gasteiger partial charge in [-0.25, -0.2) is 9.99 Å². The average Bonchev–Trinajstić information content (AvgIpc) is 3.38. The van der Waals surface area contributed by atoms with Crippen molar-refractivity contribution in [2.75, 3.05) is 12.1 Å². The van der Waals surface area contributed by atoms with Crippen LogP contribution in [0.4, 0.5) is 18.3 Å². The summed E-state index contributed by atoms with van der Waals surface area (Å²) in [6, 6.07) is 12.2. The number of alkyl halides is 3. The Kier molecular flexibility index (Phi) is 4.94. The summed E-state index contributed by atoms with van der Waals surface area (Å²) in [6.07, 6.45) is -3.57. The number of aromatic nitrogens is 1. The molecule has 2 aliphatic rings. The summed E-state index contributed by atoms with van der Waals surface area (Å²) in [5, 5.41) is 8.37. The quantitative estimate of drug-likeness (QED) is 0.444. The molecular formula is C22H17ClF3N3OS. The first-order valence-corrected chi connectivity index (χ1v) is 10.9. The van der Waals surface area contributed by atoms with Crippen LogP contribution in [0.3, 0.4) is 0 Å². The first-order valence-electron chi connectivity index (χ1n) is 9.68. The minimum Gasteiger partial charge on any atom is -0.497 e. The Morgan fingerprint density at radius 1 is 1.16 bits per heavy atom. The van der Waals surface area contributed by atoms with E-state index in [-0.39, 0.29) is 0 Å². The van der Waals surface area contributed by atoms with Gasteiger partial charge in [0.15, 0.2) is 0 Å². The van der Waals surface area contributed by atoms with Gasteiger partial charge in [0.1, 0.15) is 11.5 Å². The molecule has 0 fully saturated rings. The third-order valence-corrected chi connectivity index (χ3v) is 6.81. The molecule has 1 aliphatic carbocycles. The fourth-order valence-electron chi connectivity index (χ4n) is 4.29. The van der Waals surface area contributed by atoms with Crippen LogP contribution in [0.15, 0.2) is 52.9 Å². The molecular weight excluding hydrogens is 447 g/mol. The molecule has 1 aliphatic heterocycles. The van der Waals surface area contributed by atoms with Crippen molar-refractivity contribution >= 4 is 33.8 Å². The first kappa shape index (κ1) is 20.3. The van der Waals surface area contributed by atoms with Crippen LogP contribution in [0, 0.1) is 5.92 Å². The van der Waals surface area contributed by atoms with E-state index in [1.807, 2.05) is 29.6 Å². The molecule has 2 heterocycles. The van der Waals surface area contributed by atoms with E-state index in [1.165, 1.54) is 16.3 Å². The highest BCUT2D eigenvalue weighted by molar-refractivity contribution is 7.14. The van der Waals surface area contributed by atoms with Gasteiger partial charge in [-0.15, -0.1) is 11.3 Å². The summed E-state index contributed by atoms with van der Waals surface area (Å²) in [7, 11) is 1.58. The standard InChI is InChI=1S/C22H17ClF3N3OS/c1-30-15-7-9-16-13(10-15)4-8-17-19(16)29(28-20(17)22(24,25)26)21-27-18(11-31-21)12-2-5-14(23)6-3-12/h2-3,5-7,9-11,17,19H,4,8H2,1H3. The van der Waals surface area contributed by atoms with E-state index in [0.717, 1.165) is 16.7 Å². The van der Waals surface area contributed by atoms with Crippen LogP contribution in [-0.2, 0) is 6.42 Å². The van der Waals surface area contributed by atoms with Gasteiger partial charge in [-0.2, -0.15) is 18.3 Å². The summed E-state index contributed by atoms with van der Waals surface area (Å²) in [6.45, 7) is 0. The largest absolute Gasteiger partial charge is 0.497 e. The van der Waals surface area contributed by atoms with Crippen molar-refractivity contribution in [3.8, 4) is 17.0 Å². The second kappa shape index (κ2) is 7.53. The van der Waals surface area contributed by atoms with Crippen LogP contribution < -0.4 is 9.75 Å². The number of hydrogen-bond acceptors (Lipinski definition) is 5. The van der Waals surface area contributed by atoms with Crippen LogP contribution in [0.1, 0.15) is 23.6 Å². The molecule has 0 radical (unpaired) electrons. The molecule has 31 heavy (non-hydrogen) atoms. The normalized spacial score (nSPS) is 20.3. The molecule has 160 valence electrons. The maximum atomic E-state index is 13.8. The zero-order chi connectivity index (χ0) is 21.8. The second-order valence-corrected chi connectivity index (χ2v) is 8.78. The van der Waals surface area contributed by atoms with Crippen molar-refractivity contribution in [1.82, 2.24) is 4.98 Å². The molecule has 4 nitrogen and oxygen atoms in total. The molecule has 0 saturated carbocycles. The zero-order valence-corrected chi connectivity index (χ0v) is 17.9. The van der Waals surface area contributed by atoms with Crippen molar-refractivity contribution < 1.29 is 17.9 Å². The highest BCUT2D eigenvalue weighted by Crippen LogP contribution is 2.49. The number of hydrogen-bond donors (Lipinski definition) is 0. The smallest absolute Gasteiger partial charge is 0.431 e. The number of halogens is 4. The van der Waals surface area contributed by atoms with E-state index in [0.29, 0.717) is 34.4 Å². The van der Waals surface area contributed by atoms with E-state index in [2.05, 4.69) is 10.1 Å². The second-order valence-electron chi connectivity index (χ2n) is 7.50. The third-order valence-electron chi connectivity index (χ3n) is 5.72. The summed E-state index contributed by atoms with van der Waals surface area (Å²) < 4.78 is 46.7. The average molecular weight is 464 g/mol. The van der Waals surface area contributed by atoms with Crippen LogP contribution in [0.5, 0.6) is 5.75 Å². The van der Waals surface area contributed by atoms with Crippen molar-refractivity contribution in [1.29, 1.82) is 0 Å². The molecule has 0 bridgehead atoms. The monoisotopic (exact) mass is 463 g/mol. The number of methoxy groups -OCH3 is 1. The maximum absolute atomic E-state index is 13.8. The number of ether oxygens (including phenoxy) is 1. The van der Waals surface area contributed by atoms with E-state index in [9.17, 15) is 13.2 Å². The van der Waals surface area contributed by atoms with Gasteiger partial charge in [-0.05, 0) is 48.2 Å². The van der Waals surface area contributed by atoms with Crippen LogP contribution >= 0.6 is 22.9 Å². The van der Waals surface area contributed by atoms with Crippen molar-refractivity contribution in [3.05, 3.63) is 64.0 Å². The molecule has 0 N–H and O–H groups in total. The molecule has 1 aromatic heterocycles. The highest BCUT2D eigenvalue weighted by atomic mass is 35.5. The van der Waals surface area contributed by atoms with E-state index in [4.69, 9.17) is 16.3 Å². The molecule has 2 aromatic carbocycles. The number of aryl methyl sites for hydroxylation is 1. The summed E-state index contributed by atoms with van der Waals surface area (Å²) in [5.74, 6) is -0.0400. The highest BCUT2D eigenvalue weighted by Gasteiger charge is 2.52. The fraction of sp³-hybridized carbons (Fsp3) is 0.273. The minimum atomic E-state index is -4.49. The Labute approximate surface area is 185 Å². The zero-order valence-electron chi connectivity index (χ0n) is 16.4. The lowest BCUT2D eigenvalue weighted by Gasteiger charge is -2.33. The van der Waals surface area contributed by atoms with Crippen molar-refractivity contribution in [3.63, 3.8) is 0 Å². The summed E-state index contributed by atoms with van der Waals surface area (Å²) in [5.41, 5.74) is 2.61. The number of fused-ring (bicyclic) bond motifs is 3. The molecule has 9 heteroatoms. The Bertz CT molecular complexity index is 1160. The van der Waals surface area contributed by atoms with Crippen molar-refractivity contribution in [2.24, 2.45) is 11.0 Å². The Balaban J connectivity index is 1.57. The Hall–Kier alpha value is -2.58. The lowest BCUT2D eigenvalue weighted by molar-refractivity contribution is -0.0626. The fourth-order valence-corrected chi connectivity index (χ4v) is 5.24. The molecule has 0 amide bonds. The topological polar surface area (TPSA) is 37.7 Å². The van der Waals surface area contributed by atoms with Gasteiger partial charge >= 0.3 is 6.18 Å². The van der Waals surface area contributed by atoms with Crippen molar-refractivity contribution in [2.45, 2.75) is 25.1 Å². The van der Waals surface area contributed by atoms with E-state index >= 15 is 0 Å². The lowest BCUT2D eigenvalue weighted by atomic mass is 9.78. The van der Waals surface area contributed by atoms with Gasteiger partial charge in [0.05, 0.1) is 18.8 Å². The molecule has 2 unspecified atom stereocenters. The number of benzene rings is 2. The molecule has 2 atom stereocenters. The summed E-state index contributed by atoms with van der Waals surface area (Å²) >= 11 is 7.23. The minimum absolute atomic E-state index is 0.370. The number of rotatable bonds is 3. The van der Waals surface area contributed by atoms with Gasteiger partial charge in [0.2, 0.25) is 5.13 Å². The number of thiazole rings is 1. The van der Waals surface area contributed by atoms with Gasteiger partial charge < -0.3 is 4.74 Å². The van der Waals surface area contributed by atoms with E-state index < -0.39 is 23.8 Å². The van der Waals surface area contributed by atoms with Gasteiger partial charge in [-0.1, -0.05) is 29.8 Å². The van der Waals surface area contributed by atoms with Crippen LogP contribution in [0.25, 0.3) is 11.3 Å². The Morgan fingerprint density at radius 2 is 1.94 bits per heavy atom. The van der Waals surface area contributed by atoms with Gasteiger partial charge in [0.25, 0.3) is 0 Å². The predicted octanol–water partition coefficient (Wildman–Crippen LogP) is 6.51. The van der Waals surface area contributed by atoms with Gasteiger partial charge in [0, 0.05) is 21.9 Å². The van der Waals surface area contributed by atoms with Crippen LogP contribution in [0.2, 0.25) is 5.02 Å². The lowest BCUT2D eigenvalue weighted by Crippen LogP contribution is -2.35. The van der Waals surface area contributed by atoms with Crippen LogP contribution in [-0.4, -0.2) is 24.0 Å². The molecule has 0 saturated heterocycles. The maximum Gasteiger partial charge on any atom is 0.431 e. The Morgan fingerprint density at radius 3 is 2.65 bits per heavy atom. The molecule has 0 spiro atoms. The van der Waals surface area contributed by atoms with Gasteiger partial charge in [-0.3, -0.25) is 0 Å². The predicted molar refractivity (Wildman–Crippen MR) is 116 cm³/mol. The first-order chi connectivity index (χ1) is 14.8. The third kappa shape index (κ3) is 3.57. The SMILES string of the molecule is COc1ccc2c(c1)CCC1C(C(F)(F)F)=NN(c3nc(-c4ccc(Cl)cc4)cs3)C21.